The molecule has 4 N–H and O–H groups in total. The van der Waals surface area contributed by atoms with Gasteiger partial charge in [-0.2, -0.15) is 0 Å². The van der Waals surface area contributed by atoms with E-state index in [9.17, 15) is 19.1 Å². The van der Waals surface area contributed by atoms with Crippen LogP contribution in [0.4, 0.5) is 4.39 Å². The van der Waals surface area contributed by atoms with Crippen LogP contribution >= 0.6 is 0 Å². The number of rotatable bonds is 4. The van der Waals surface area contributed by atoms with Crippen molar-refractivity contribution in [3.63, 3.8) is 0 Å². The lowest BCUT2D eigenvalue weighted by molar-refractivity contribution is -0.142. The maximum absolute atomic E-state index is 14.0. The molecule has 0 aliphatic rings. The van der Waals surface area contributed by atoms with Gasteiger partial charge < -0.3 is 15.8 Å². The lowest BCUT2D eigenvalue weighted by Crippen LogP contribution is -2.48. The molecular formula is C20H19FN2O3. The van der Waals surface area contributed by atoms with Gasteiger partial charge in [0.1, 0.15) is 5.82 Å². The van der Waals surface area contributed by atoms with Gasteiger partial charge >= 0.3 is 0 Å². The molecule has 0 aliphatic heterocycles. The quantitative estimate of drug-likeness (QED) is 0.672. The van der Waals surface area contributed by atoms with Gasteiger partial charge in [-0.15, -0.1) is 0 Å². The average Bonchev–Trinajstić information content (AvgIpc) is 2.60. The average molecular weight is 354 g/mol. The first-order valence-electron chi connectivity index (χ1n) is 8.20. The van der Waals surface area contributed by atoms with Crippen molar-refractivity contribution in [1.82, 2.24) is 4.98 Å². The molecule has 26 heavy (non-hydrogen) atoms. The van der Waals surface area contributed by atoms with Gasteiger partial charge in [-0.3, -0.25) is 9.59 Å². The van der Waals surface area contributed by atoms with E-state index in [1.165, 1.54) is 12.1 Å². The van der Waals surface area contributed by atoms with Gasteiger partial charge in [0.15, 0.2) is 5.60 Å². The second kappa shape index (κ2) is 6.38. The largest absolute Gasteiger partial charge is 0.375 e. The van der Waals surface area contributed by atoms with Crippen molar-refractivity contribution in [3.8, 4) is 11.3 Å². The van der Waals surface area contributed by atoms with Crippen molar-refractivity contribution in [2.75, 3.05) is 0 Å². The Balaban J connectivity index is 2.12. The Morgan fingerprint density at radius 3 is 2.54 bits per heavy atom. The molecule has 1 amide bonds. The molecule has 2 aromatic carbocycles. The highest BCUT2D eigenvalue weighted by Crippen LogP contribution is 2.29. The molecule has 0 saturated heterocycles. The second-order valence-electron chi connectivity index (χ2n) is 6.58. The number of amides is 1. The molecule has 134 valence electrons. The van der Waals surface area contributed by atoms with Gasteiger partial charge in [0, 0.05) is 11.1 Å². The summed E-state index contributed by atoms with van der Waals surface area (Å²) in [7, 11) is 0. The van der Waals surface area contributed by atoms with Crippen LogP contribution < -0.4 is 11.3 Å². The van der Waals surface area contributed by atoms with Crippen molar-refractivity contribution in [2.45, 2.75) is 19.4 Å². The summed E-state index contributed by atoms with van der Waals surface area (Å²) >= 11 is 0. The zero-order chi connectivity index (χ0) is 19.1. The van der Waals surface area contributed by atoms with Crippen LogP contribution in [0.15, 0.2) is 53.3 Å². The molecule has 1 atom stereocenters. The highest BCUT2D eigenvalue weighted by Gasteiger charge is 2.41. The summed E-state index contributed by atoms with van der Waals surface area (Å²) in [4.78, 5) is 26.9. The number of H-pyrrole nitrogens is 1. The molecule has 1 unspecified atom stereocenters. The number of hydrogen-bond donors (Lipinski definition) is 3. The van der Waals surface area contributed by atoms with E-state index < -0.39 is 23.0 Å². The van der Waals surface area contributed by atoms with E-state index in [2.05, 4.69) is 4.98 Å². The number of nitrogens with two attached hydrogens (primary N) is 1. The number of hydrogen-bond acceptors (Lipinski definition) is 3. The normalized spacial score (nSPS) is 13.7. The van der Waals surface area contributed by atoms with Gasteiger partial charge in [0.2, 0.25) is 0 Å². The summed E-state index contributed by atoms with van der Waals surface area (Å²) in [5.41, 5.74) is 3.57. The maximum Gasteiger partial charge on any atom is 0.255 e. The van der Waals surface area contributed by atoms with Crippen LogP contribution in [-0.2, 0) is 10.4 Å². The van der Waals surface area contributed by atoms with E-state index in [1.807, 2.05) is 0 Å². The van der Waals surface area contributed by atoms with Gasteiger partial charge in [-0.05, 0) is 41.1 Å². The number of fused-ring (bicyclic) bond motifs is 1. The van der Waals surface area contributed by atoms with E-state index in [-0.39, 0.29) is 11.4 Å². The maximum atomic E-state index is 14.0. The van der Waals surface area contributed by atoms with Crippen LogP contribution in [0.3, 0.4) is 0 Å². The topological polar surface area (TPSA) is 96.2 Å². The second-order valence-corrected chi connectivity index (χ2v) is 6.58. The van der Waals surface area contributed by atoms with Crippen LogP contribution in [0.2, 0.25) is 0 Å². The third-order valence-corrected chi connectivity index (χ3v) is 4.67. The van der Waals surface area contributed by atoms with Gasteiger partial charge in [0.25, 0.3) is 11.5 Å². The number of benzene rings is 2. The summed E-state index contributed by atoms with van der Waals surface area (Å²) in [6.07, 6.45) is 0. The molecule has 6 heteroatoms. The van der Waals surface area contributed by atoms with Crippen LogP contribution in [0.5, 0.6) is 0 Å². The van der Waals surface area contributed by atoms with Crippen molar-refractivity contribution in [3.05, 3.63) is 70.3 Å². The lowest BCUT2D eigenvalue weighted by atomic mass is 9.83. The molecule has 5 nitrogen and oxygen atoms in total. The number of nitrogens with one attached hydrogen (secondary N) is 1. The number of pyridine rings is 1. The molecule has 0 bridgehead atoms. The smallest absolute Gasteiger partial charge is 0.255 e. The predicted molar refractivity (Wildman–Crippen MR) is 97.9 cm³/mol. The lowest BCUT2D eigenvalue weighted by Gasteiger charge is -2.28. The fraction of sp³-hybridized carbons (Fsp3) is 0.200. The first-order valence-corrected chi connectivity index (χ1v) is 8.20. The third-order valence-electron chi connectivity index (χ3n) is 4.67. The number of primary amides is 1. The SMILES string of the molecule is CC(C)C(O)(C(N)=O)c1ccc(-c2ccc3cccc(F)c3c2)[nH]c1=O. The van der Waals surface area contributed by atoms with Crippen LogP contribution in [0, 0.1) is 11.7 Å². The highest BCUT2D eigenvalue weighted by molar-refractivity contribution is 5.87. The molecular weight excluding hydrogens is 335 g/mol. The Labute approximate surface area is 149 Å². The summed E-state index contributed by atoms with van der Waals surface area (Å²) in [5, 5.41) is 11.8. The van der Waals surface area contributed by atoms with E-state index in [0.717, 1.165) is 5.39 Å². The summed E-state index contributed by atoms with van der Waals surface area (Å²) in [6, 6.07) is 12.9. The summed E-state index contributed by atoms with van der Waals surface area (Å²) < 4.78 is 14.0. The number of aromatic amines is 1. The molecule has 0 spiro atoms. The fourth-order valence-electron chi connectivity index (χ4n) is 3.07. The Morgan fingerprint density at radius 2 is 1.92 bits per heavy atom. The van der Waals surface area contributed by atoms with Crippen LogP contribution in [-0.4, -0.2) is 16.0 Å². The zero-order valence-corrected chi connectivity index (χ0v) is 14.4. The molecule has 0 aliphatic carbocycles. The number of carbonyl (C=O) groups excluding carboxylic acids is 1. The Morgan fingerprint density at radius 1 is 1.19 bits per heavy atom. The number of aliphatic hydroxyl groups is 1. The molecule has 1 aromatic heterocycles. The van der Waals surface area contributed by atoms with Crippen molar-refractivity contribution < 1.29 is 14.3 Å². The van der Waals surface area contributed by atoms with Gasteiger partial charge in [0.05, 0.1) is 5.56 Å². The molecule has 1 heterocycles. The summed E-state index contributed by atoms with van der Waals surface area (Å²) in [5.74, 6) is -1.92. The first-order chi connectivity index (χ1) is 12.2. The van der Waals surface area contributed by atoms with E-state index in [0.29, 0.717) is 16.6 Å². The zero-order valence-electron chi connectivity index (χ0n) is 14.4. The van der Waals surface area contributed by atoms with E-state index in [1.54, 1.807) is 50.2 Å². The summed E-state index contributed by atoms with van der Waals surface area (Å²) in [6.45, 7) is 3.20. The van der Waals surface area contributed by atoms with E-state index >= 15 is 0 Å². The van der Waals surface area contributed by atoms with Crippen LogP contribution in [0.25, 0.3) is 22.0 Å². The van der Waals surface area contributed by atoms with Gasteiger partial charge in [-0.1, -0.05) is 38.1 Å². The molecule has 0 fully saturated rings. The first kappa shape index (κ1) is 17.8. The Bertz CT molecular complexity index is 1060. The Kier molecular flexibility index (Phi) is 4.38. The molecule has 0 radical (unpaired) electrons. The predicted octanol–water partition coefficient (Wildman–Crippen LogP) is 2.66. The standard InChI is InChI=1S/C20H19FN2O3/c1-11(2)20(26,19(22)25)15-8-9-17(23-18(15)24)13-7-6-12-4-3-5-16(21)14(12)10-13/h3-11,26H,1-2H3,(H2,22,25)(H,23,24). The van der Waals surface area contributed by atoms with Gasteiger partial charge in [-0.25, -0.2) is 4.39 Å². The third kappa shape index (κ3) is 2.78. The Hall–Kier alpha value is -2.99. The van der Waals surface area contributed by atoms with Crippen molar-refractivity contribution in [1.29, 1.82) is 0 Å². The molecule has 0 saturated carbocycles. The van der Waals surface area contributed by atoms with Crippen molar-refractivity contribution >= 4 is 16.7 Å². The monoisotopic (exact) mass is 354 g/mol. The minimum atomic E-state index is -2.07. The fourth-order valence-corrected chi connectivity index (χ4v) is 3.07. The minimum absolute atomic E-state index is 0.115. The minimum Gasteiger partial charge on any atom is -0.375 e. The number of halogens is 1. The van der Waals surface area contributed by atoms with Crippen molar-refractivity contribution in [2.24, 2.45) is 11.7 Å². The molecule has 3 rings (SSSR count). The number of carbonyl (C=O) groups is 1. The van der Waals surface area contributed by atoms with Crippen LogP contribution in [0.1, 0.15) is 19.4 Å². The molecule has 3 aromatic rings. The number of aromatic nitrogens is 1. The highest BCUT2D eigenvalue weighted by atomic mass is 19.1. The van der Waals surface area contributed by atoms with E-state index in [4.69, 9.17) is 5.73 Å².